The molecule has 3 nitrogen and oxygen atoms in total. The molecule has 2 aliphatic rings. The minimum absolute atomic E-state index is 0. The first-order chi connectivity index (χ1) is 18.4. The van der Waals surface area contributed by atoms with E-state index in [4.69, 9.17) is 5.11 Å². The summed E-state index contributed by atoms with van der Waals surface area (Å²) in [7, 11) is 0. The van der Waals surface area contributed by atoms with Gasteiger partial charge in [-0.1, -0.05) is 65.7 Å². The van der Waals surface area contributed by atoms with Gasteiger partial charge in [-0.05, 0) is 72.5 Å². The number of allylic oxidation sites excluding steroid dienone is 2. The number of aromatic nitrogens is 1. The minimum Gasteiger partial charge on any atom is -0.512 e. The van der Waals surface area contributed by atoms with E-state index in [1.165, 1.54) is 59.5 Å². The quantitative estimate of drug-likeness (QED) is 0.0887. The maximum atomic E-state index is 14.9. The van der Waals surface area contributed by atoms with E-state index in [-0.39, 0.29) is 37.5 Å². The molecule has 2 aliphatic carbocycles. The first-order valence-electron chi connectivity index (χ1n) is 12.9. The summed E-state index contributed by atoms with van der Waals surface area (Å²) in [6.45, 7) is 2.85. The van der Waals surface area contributed by atoms with Gasteiger partial charge in [-0.15, -0.1) is 28.8 Å². The Morgan fingerprint density at radius 1 is 0.897 bits per heavy atom. The van der Waals surface area contributed by atoms with Gasteiger partial charge in [0.25, 0.3) is 0 Å². The Hall–Kier alpha value is -3.66. The topological polar surface area (TPSA) is 50.2 Å². The van der Waals surface area contributed by atoms with Crippen LogP contribution in [-0.4, -0.2) is 15.9 Å². The first kappa shape index (κ1) is 26.9. The number of nitrogens with zero attached hydrogens (tertiary/aromatic N) is 1. The number of rotatable bonds is 2. The molecule has 0 unspecified atom stereocenters. The minimum atomic E-state index is -0.270. The van der Waals surface area contributed by atoms with Crippen molar-refractivity contribution in [1.82, 2.24) is 4.98 Å². The number of pyridine rings is 1. The summed E-state index contributed by atoms with van der Waals surface area (Å²) in [5, 5.41) is 11.8. The van der Waals surface area contributed by atoms with E-state index >= 15 is 0 Å². The van der Waals surface area contributed by atoms with Gasteiger partial charge in [0.2, 0.25) is 0 Å². The second-order valence-corrected chi connectivity index (χ2v) is 10.1. The molecule has 0 bridgehead atoms. The van der Waals surface area contributed by atoms with Crippen molar-refractivity contribution in [2.75, 3.05) is 0 Å². The third-order valence-corrected chi connectivity index (χ3v) is 7.42. The zero-order chi connectivity index (χ0) is 26.4. The fourth-order valence-corrected chi connectivity index (χ4v) is 5.94. The van der Waals surface area contributed by atoms with Gasteiger partial charge in [-0.25, -0.2) is 4.39 Å². The molecule has 5 heteroatoms. The molecule has 1 aromatic heterocycles. The summed E-state index contributed by atoms with van der Waals surface area (Å²) in [6.07, 6.45) is 6.69. The van der Waals surface area contributed by atoms with Crippen LogP contribution in [-0.2, 0) is 50.6 Å². The van der Waals surface area contributed by atoms with E-state index < -0.39 is 0 Å². The third-order valence-electron chi connectivity index (χ3n) is 7.42. The monoisotopic (exact) mass is 693 g/mol. The van der Waals surface area contributed by atoms with Crippen LogP contribution in [0, 0.1) is 11.9 Å². The van der Waals surface area contributed by atoms with Crippen molar-refractivity contribution in [1.29, 1.82) is 0 Å². The average molecular weight is 693 g/mol. The number of carbonyl (C=O) groups excluding carboxylic acids is 1. The van der Waals surface area contributed by atoms with Crippen LogP contribution in [0.3, 0.4) is 0 Å². The van der Waals surface area contributed by atoms with Gasteiger partial charge in [0.15, 0.2) is 5.78 Å². The van der Waals surface area contributed by atoms with E-state index in [0.717, 1.165) is 53.1 Å². The molecule has 0 amide bonds. The molecule has 0 spiro atoms. The van der Waals surface area contributed by atoms with Crippen LogP contribution < -0.4 is 0 Å². The molecule has 1 N–H and O–H groups in total. The Kier molecular flexibility index (Phi) is 7.48. The summed E-state index contributed by atoms with van der Waals surface area (Å²) in [6, 6.07) is 24.7. The number of aliphatic hydroxyl groups excluding tert-OH is 1. The SMILES string of the molecule is CC(=O)/C=C(/C)O.Fc1cnc(-c2[c-]c3c4c(c2)CCc2cccc(c2-4)CC3)c2ccc3ccccc3c12.[Ir]. The molecule has 7 rings (SSSR count). The molecule has 0 saturated carbocycles. The van der Waals surface area contributed by atoms with E-state index in [9.17, 15) is 9.18 Å². The van der Waals surface area contributed by atoms with Gasteiger partial charge in [0, 0.05) is 31.6 Å². The van der Waals surface area contributed by atoms with E-state index in [1.807, 2.05) is 30.3 Å². The zero-order valence-electron chi connectivity index (χ0n) is 21.8. The van der Waals surface area contributed by atoms with Crippen molar-refractivity contribution < 1.29 is 34.4 Å². The van der Waals surface area contributed by atoms with Crippen LogP contribution in [0.15, 0.2) is 78.7 Å². The molecule has 0 saturated heterocycles. The second-order valence-electron chi connectivity index (χ2n) is 10.1. The molecule has 4 aromatic carbocycles. The number of aryl methyl sites for hydroxylation is 4. The van der Waals surface area contributed by atoms with Crippen LogP contribution in [0.2, 0.25) is 0 Å². The largest absolute Gasteiger partial charge is 0.512 e. The molecule has 197 valence electrons. The fourth-order valence-electron chi connectivity index (χ4n) is 5.94. The molecule has 1 heterocycles. The van der Waals surface area contributed by atoms with Gasteiger partial charge in [0.05, 0.1) is 12.0 Å². The van der Waals surface area contributed by atoms with Crippen molar-refractivity contribution >= 4 is 27.3 Å². The Morgan fingerprint density at radius 2 is 1.62 bits per heavy atom. The molecular formula is C34H27FIrNO2-. The van der Waals surface area contributed by atoms with E-state index in [2.05, 4.69) is 41.4 Å². The average Bonchev–Trinajstić information content (AvgIpc) is 2.91. The van der Waals surface area contributed by atoms with E-state index in [0.29, 0.717) is 5.39 Å². The summed E-state index contributed by atoms with van der Waals surface area (Å²) < 4.78 is 14.9. The maximum Gasteiger partial charge on any atom is 0.155 e. The van der Waals surface area contributed by atoms with Crippen molar-refractivity contribution in [3.05, 3.63) is 113 Å². The smallest absolute Gasteiger partial charge is 0.155 e. The molecule has 0 fully saturated rings. The first-order valence-corrected chi connectivity index (χ1v) is 12.9. The number of fused-ring (bicyclic) bond motifs is 3. The van der Waals surface area contributed by atoms with Crippen LogP contribution >= 0.6 is 0 Å². The van der Waals surface area contributed by atoms with Gasteiger partial charge in [-0.2, -0.15) is 0 Å². The fraction of sp³-hybridized carbons (Fsp3) is 0.176. The number of hydrogen-bond donors (Lipinski definition) is 1. The normalized spacial score (nSPS) is 13.3. The zero-order valence-corrected chi connectivity index (χ0v) is 24.2. The summed E-state index contributed by atoms with van der Waals surface area (Å²) >= 11 is 0. The van der Waals surface area contributed by atoms with Gasteiger partial charge in [-0.3, -0.25) is 4.79 Å². The van der Waals surface area contributed by atoms with E-state index in [1.54, 1.807) is 0 Å². The molecule has 1 radical (unpaired) electrons. The maximum absolute atomic E-state index is 14.9. The number of hydrogen-bond acceptors (Lipinski definition) is 3. The van der Waals surface area contributed by atoms with Gasteiger partial charge in [0.1, 0.15) is 5.82 Å². The molecular weight excluding hydrogens is 666 g/mol. The van der Waals surface area contributed by atoms with Gasteiger partial charge >= 0.3 is 0 Å². The molecule has 0 atom stereocenters. The molecule has 39 heavy (non-hydrogen) atoms. The number of halogens is 1. The Bertz CT molecular complexity index is 1740. The Balaban J connectivity index is 0.000000345. The third kappa shape index (κ3) is 4.93. The number of aliphatic hydroxyl groups is 1. The van der Waals surface area contributed by atoms with Crippen LogP contribution in [0.4, 0.5) is 4.39 Å². The number of ketones is 1. The van der Waals surface area contributed by atoms with Crippen molar-refractivity contribution in [3.63, 3.8) is 0 Å². The van der Waals surface area contributed by atoms with Crippen molar-refractivity contribution in [2.24, 2.45) is 0 Å². The summed E-state index contributed by atoms with van der Waals surface area (Å²) in [5.74, 6) is -0.332. The number of benzene rings is 4. The Labute approximate surface area is 240 Å². The van der Waals surface area contributed by atoms with Crippen molar-refractivity contribution in [2.45, 2.75) is 39.5 Å². The van der Waals surface area contributed by atoms with Crippen LogP contribution in [0.1, 0.15) is 36.1 Å². The Morgan fingerprint density at radius 3 is 2.33 bits per heavy atom. The standard InChI is InChI=1S/C29H19FN.C5H8O2.Ir/c30-25-16-31-29(24-13-12-17-4-1-2-7-23(17)28(24)25)22-14-20-10-8-18-5-3-6-19-9-11-21(15-22)27(20)26(18)19;1-4(6)3-5(2)7;/h1-7,12-14,16H,8-11H2;3,6H,1-2H3;/q-1;;/b;4-3-;. The summed E-state index contributed by atoms with van der Waals surface area (Å²) in [5.41, 5.74) is 10.2. The van der Waals surface area contributed by atoms with Crippen LogP contribution in [0.5, 0.6) is 0 Å². The number of carbonyl (C=O) groups is 1. The van der Waals surface area contributed by atoms with Crippen molar-refractivity contribution in [3.8, 4) is 22.4 Å². The molecule has 5 aromatic rings. The second kappa shape index (κ2) is 10.8. The van der Waals surface area contributed by atoms with Crippen LogP contribution in [0.25, 0.3) is 43.9 Å². The molecule has 0 aliphatic heterocycles. The predicted molar refractivity (Wildman–Crippen MR) is 151 cm³/mol. The van der Waals surface area contributed by atoms with Gasteiger partial charge < -0.3 is 10.1 Å². The predicted octanol–water partition coefficient (Wildman–Crippen LogP) is 7.89. The summed E-state index contributed by atoms with van der Waals surface area (Å²) in [4.78, 5) is 14.6.